The Kier molecular flexibility index (Phi) is 2.08. The first kappa shape index (κ1) is 8.35. The Morgan fingerprint density at radius 3 is 3.00 bits per heavy atom. The summed E-state index contributed by atoms with van der Waals surface area (Å²) in [4.78, 5) is 11.2. The van der Waals surface area contributed by atoms with E-state index in [9.17, 15) is 4.79 Å². The van der Waals surface area contributed by atoms with E-state index in [2.05, 4.69) is 5.32 Å². The van der Waals surface area contributed by atoms with Crippen molar-refractivity contribution in [1.82, 2.24) is 4.57 Å². The zero-order valence-corrected chi connectivity index (χ0v) is 7.79. The van der Waals surface area contributed by atoms with Gasteiger partial charge in [0.2, 0.25) is 0 Å². The highest BCUT2D eigenvalue weighted by Crippen LogP contribution is 2.28. The van der Waals surface area contributed by atoms with Gasteiger partial charge in [-0.25, -0.2) is 0 Å². The van der Waals surface area contributed by atoms with Gasteiger partial charge in [-0.15, -0.1) is 0 Å². The van der Waals surface area contributed by atoms with Crippen LogP contribution in [0.5, 0.6) is 0 Å². The standard InChI is InChI=1S/C10H14N2O/c1-12-5-4-9(6-10(12)13)11-7-8-2-3-8/h4-6,8,11H,2-3,7H2,1H3. The van der Waals surface area contributed by atoms with Crippen molar-refractivity contribution in [3.63, 3.8) is 0 Å². The number of hydrogen-bond acceptors (Lipinski definition) is 2. The first-order valence-electron chi connectivity index (χ1n) is 4.66. The van der Waals surface area contributed by atoms with Crippen LogP contribution in [0.2, 0.25) is 0 Å². The van der Waals surface area contributed by atoms with Crippen LogP contribution in [0, 0.1) is 5.92 Å². The summed E-state index contributed by atoms with van der Waals surface area (Å²) in [6.45, 7) is 1.01. The van der Waals surface area contributed by atoms with Crippen molar-refractivity contribution in [1.29, 1.82) is 0 Å². The second-order valence-corrected chi connectivity index (χ2v) is 3.69. The van der Waals surface area contributed by atoms with E-state index in [-0.39, 0.29) is 5.56 Å². The molecule has 13 heavy (non-hydrogen) atoms. The molecule has 70 valence electrons. The summed E-state index contributed by atoms with van der Waals surface area (Å²) in [5.41, 5.74) is 0.982. The lowest BCUT2D eigenvalue weighted by Gasteiger charge is -2.04. The Morgan fingerprint density at radius 2 is 2.38 bits per heavy atom. The highest BCUT2D eigenvalue weighted by Gasteiger charge is 2.20. The monoisotopic (exact) mass is 178 g/mol. The molecule has 2 rings (SSSR count). The van der Waals surface area contributed by atoms with Crippen molar-refractivity contribution >= 4 is 5.69 Å². The second-order valence-electron chi connectivity index (χ2n) is 3.69. The van der Waals surface area contributed by atoms with Crippen molar-refractivity contribution in [3.05, 3.63) is 28.7 Å². The first-order valence-corrected chi connectivity index (χ1v) is 4.66. The molecular formula is C10H14N2O. The third-order valence-electron chi connectivity index (χ3n) is 2.40. The molecule has 1 saturated carbocycles. The van der Waals surface area contributed by atoms with Crippen LogP contribution in [-0.2, 0) is 7.05 Å². The van der Waals surface area contributed by atoms with Gasteiger partial charge in [-0.1, -0.05) is 0 Å². The minimum absolute atomic E-state index is 0.0424. The van der Waals surface area contributed by atoms with E-state index in [1.54, 1.807) is 23.9 Å². The van der Waals surface area contributed by atoms with E-state index < -0.39 is 0 Å². The fourth-order valence-electron chi connectivity index (χ4n) is 1.24. The molecule has 0 bridgehead atoms. The highest BCUT2D eigenvalue weighted by molar-refractivity contribution is 5.41. The number of hydrogen-bond donors (Lipinski definition) is 1. The van der Waals surface area contributed by atoms with Crippen molar-refractivity contribution in [3.8, 4) is 0 Å². The van der Waals surface area contributed by atoms with Crippen LogP contribution in [0.15, 0.2) is 23.1 Å². The molecule has 3 heteroatoms. The Labute approximate surface area is 77.4 Å². The predicted molar refractivity (Wildman–Crippen MR) is 52.9 cm³/mol. The minimum atomic E-state index is 0.0424. The van der Waals surface area contributed by atoms with Crippen LogP contribution in [0.25, 0.3) is 0 Å². The zero-order chi connectivity index (χ0) is 9.26. The number of nitrogens with one attached hydrogen (secondary N) is 1. The van der Waals surface area contributed by atoms with E-state index in [4.69, 9.17) is 0 Å². The molecule has 0 saturated heterocycles. The van der Waals surface area contributed by atoms with Gasteiger partial charge < -0.3 is 9.88 Å². The topological polar surface area (TPSA) is 34.0 Å². The van der Waals surface area contributed by atoms with Gasteiger partial charge in [-0.2, -0.15) is 0 Å². The third kappa shape index (κ3) is 2.11. The maximum Gasteiger partial charge on any atom is 0.252 e. The lowest BCUT2D eigenvalue weighted by atomic mass is 10.3. The summed E-state index contributed by atoms with van der Waals surface area (Å²) in [5.74, 6) is 0.837. The van der Waals surface area contributed by atoms with E-state index >= 15 is 0 Å². The normalized spacial score (nSPS) is 15.8. The number of aromatic nitrogens is 1. The maximum atomic E-state index is 11.2. The average molecular weight is 178 g/mol. The van der Waals surface area contributed by atoms with E-state index in [0.717, 1.165) is 18.2 Å². The predicted octanol–water partition coefficient (Wildman–Crippen LogP) is 1.21. The van der Waals surface area contributed by atoms with Gasteiger partial charge in [0.1, 0.15) is 0 Å². The number of aryl methyl sites for hydroxylation is 1. The minimum Gasteiger partial charge on any atom is -0.385 e. The van der Waals surface area contributed by atoms with Crippen molar-refractivity contribution in [2.45, 2.75) is 12.8 Å². The summed E-state index contributed by atoms with van der Waals surface area (Å²) in [6.07, 6.45) is 4.45. The molecule has 1 heterocycles. The molecule has 0 amide bonds. The highest BCUT2D eigenvalue weighted by atomic mass is 16.1. The van der Waals surface area contributed by atoms with Gasteiger partial charge in [0.25, 0.3) is 5.56 Å². The first-order chi connectivity index (χ1) is 6.25. The SMILES string of the molecule is Cn1ccc(NCC2CC2)cc1=O. The quantitative estimate of drug-likeness (QED) is 0.754. The van der Waals surface area contributed by atoms with E-state index in [1.165, 1.54) is 12.8 Å². The molecule has 0 atom stereocenters. The molecule has 0 spiro atoms. The Morgan fingerprint density at radius 1 is 1.62 bits per heavy atom. The van der Waals surface area contributed by atoms with Gasteiger partial charge in [-0.05, 0) is 24.8 Å². The van der Waals surface area contributed by atoms with Crippen LogP contribution in [0.1, 0.15) is 12.8 Å². The molecule has 0 unspecified atom stereocenters. The van der Waals surface area contributed by atoms with Gasteiger partial charge in [0.05, 0.1) is 0 Å². The lowest BCUT2D eigenvalue weighted by Crippen LogP contribution is -2.16. The molecular weight excluding hydrogens is 164 g/mol. The summed E-state index contributed by atoms with van der Waals surface area (Å²) in [5, 5.41) is 3.26. The Hall–Kier alpha value is -1.25. The third-order valence-corrected chi connectivity index (χ3v) is 2.40. The fraction of sp³-hybridized carbons (Fsp3) is 0.500. The Balaban J connectivity index is 2.03. The van der Waals surface area contributed by atoms with Crippen LogP contribution >= 0.6 is 0 Å². The smallest absolute Gasteiger partial charge is 0.252 e. The van der Waals surface area contributed by atoms with Crippen molar-refractivity contribution < 1.29 is 0 Å². The summed E-state index contributed by atoms with van der Waals surface area (Å²) < 4.78 is 1.57. The lowest BCUT2D eigenvalue weighted by molar-refractivity contribution is 0.852. The number of rotatable bonds is 3. The number of nitrogens with zero attached hydrogens (tertiary/aromatic N) is 1. The number of anilines is 1. The van der Waals surface area contributed by atoms with Gasteiger partial charge in [-0.3, -0.25) is 4.79 Å². The molecule has 1 aliphatic rings. The van der Waals surface area contributed by atoms with Crippen LogP contribution in [0.4, 0.5) is 5.69 Å². The van der Waals surface area contributed by atoms with Crippen molar-refractivity contribution in [2.24, 2.45) is 13.0 Å². The van der Waals surface area contributed by atoms with Crippen LogP contribution < -0.4 is 10.9 Å². The molecule has 1 fully saturated rings. The second kappa shape index (κ2) is 3.24. The maximum absolute atomic E-state index is 11.2. The molecule has 1 aliphatic carbocycles. The number of pyridine rings is 1. The van der Waals surface area contributed by atoms with E-state index in [1.807, 2.05) is 6.07 Å². The molecule has 3 nitrogen and oxygen atoms in total. The molecule has 1 N–H and O–H groups in total. The zero-order valence-electron chi connectivity index (χ0n) is 7.79. The van der Waals surface area contributed by atoms with Gasteiger partial charge in [0.15, 0.2) is 0 Å². The molecule has 1 aromatic heterocycles. The molecule has 0 radical (unpaired) electrons. The average Bonchev–Trinajstić information content (AvgIpc) is 2.91. The van der Waals surface area contributed by atoms with E-state index in [0.29, 0.717) is 0 Å². The summed E-state index contributed by atoms with van der Waals surface area (Å²) in [7, 11) is 1.76. The summed E-state index contributed by atoms with van der Waals surface area (Å²) in [6, 6.07) is 3.58. The largest absolute Gasteiger partial charge is 0.385 e. The van der Waals surface area contributed by atoms with Gasteiger partial charge >= 0.3 is 0 Å². The van der Waals surface area contributed by atoms with Gasteiger partial charge in [0, 0.05) is 31.5 Å². The molecule has 1 aromatic rings. The van der Waals surface area contributed by atoms with Crippen LogP contribution in [-0.4, -0.2) is 11.1 Å². The Bertz CT molecular complexity index is 352. The summed E-state index contributed by atoms with van der Waals surface area (Å²) >= 11 is 0. The van der Waals surface area contributed by atoms with Crippen molar-refractivity contribution in [2.75, 3.05) is 11.9 Å². The van der Waals surface area contributed by atoms with Crippen LogP contribution in [0.3, 0.4) is 0 Å². The molecule has 0 aromatic carbocycles. The molecule has 0 aliphatic heterocycles. The fourth-order valence-corrected chi connectivity index (χ4v) is 1.24.